The summed E-state index contributed by atoms with van der Waals surface area (Å²) in [5.74, 6) is 0. The lowest BCUT2D eigenvalue weighted by Gasteiger charge is -2.01. The average Bonchev–Trinajstić information content (AvgIpc) is 3.09. The largest absolute Gasteiger partial charge is 0.361 e. The lowest BCUT2D eigenvalue weighted by molar-refractivity contribution is 1.46. The van der Waals surface area contributed by atoms with Crippen LogP contribution in [-0.4, -0.2) is 11.2 Å². The fourth-order valence-corrected chi connectivity index (χ4v) is 2.66. The zero-order valence-corrected chi connectivity index (χ0v) is 12.6. The van der Waals surface area contributed by atoms with Gasteiger partial charge in [-0.2, -0.15) is 0 Å². The SMILES string of the molecule is C(=Nc1ccc2cc[nH]c2c1)c1ccc(-c2ccccc2)cc1. The minimum Gasteiger partial charge on any atom is -0.361 e. The van der Waals surface area contributed by atoms with Gasteiger partial charge in [0.2, 0.25) is 0 Å². The van der Waals surface area contributed by atoms with Crippen molar-refractivity contribution in [2.45, 2.75) is 0 Å². The number of hydrogen-bond acceptors (Lipinski definition) is 1. The van der Waals surface area contributed by atoms with E-state index in [1.54, 1.807) is 0 Å². The fourth-order valence-electron chi connectivity index (χ4n) is 2.66. The Morgan fingerprint density at radius 3 is 2.35 bits per heavy atom. The van der Waals surface area contributed by atoms with Gasteiger partial charge in [0, 0.05) is 17.9 Å². The number of benzene rings is 3. The molecule has 4 rings (SSSR count). The number of aromatic nitrogens is 1. The Morgan fingerprint density at radius 1 is 0.739 bits per heavy atom. The van der Waals surface area contributed by atoms with Gasteiger partial charge in [0.1, 0.15) is 0 Å². The third-order valence-electron chi connectivity index (χ3n) is 3.92. The van der Waals surface area contributed by atoms with Crippen molar-refractivity contribution in [2.24, 2.45) is 4.99 Å². The predicted octanol–water partition coefficient (Wildman–Crippen LogP) is 5.59. The molecule has 23 heavy (non-hydrogen) atoms. The molecule has 0 radical (unpaired) electrons. The van der Waals surface area contributed by atoms with Crippen LogP contribution >= 0.6 is 0 Å². The normalized spacial score (nSPS) is 11.3. The Kier molecular flexibility index (Phi) is 3.49. The number of aliphatic imine (C=N–C) groups is 1. The Bertz CT molecular complexity index is 948. The Balaban J connectivity index is 1.56. The van der Waals surface area contributed by atoms with Gasteiger partial charge in [0.25, 0.3) is 0 Å². The first-order valence-electron chi connectivity index (χ1n) is 7.65. The minimum absolute atomic E-state index is 0.951. The molecule has 4 aromatic rings. The van der Waals surface area contributed by atoms with Gasteiger partial charge in [-0.05, 0) is 40.3 Å². The molecule has 0 fully saturated rings. The highest BCUT2D eigenvalue weighted by molar-refractivity contribution is 5.86. The van der Waals surface area contributed by atoms with Crippen molar-refractivity contribution in [3.05, 3.63) is 90.6 Å². The van der Waals surface area contributed by atoms with Gasteiger partial charge in [-0.3, -0.25) is 4.99 Å². The van der Waals surface area contributed by atoms with Gasteiger partial charge in [-0.1, -0.05) is 60.7 Å². The summed E-state index contributed by atoms with van der Waals surface area (Å²) >= 11 is 0. The van der Waals surface area contributed by atoms with Crippen LogP contribution in [0, 0.1) is 0 Å². The highest BCUT2D eigenvalue weighted by Gasteiger charge is 1.97. The van der Waals surface area contributed by atoms with Gasteiger partial charge in [0.15, 0.2) is 0 Å². The zero-order valence-electron chi connectivity index (χ0n) is 12.6. The predicted molar refractivity (Wildman–Crippen MR) is 97.4 cm³/mol. The third kappa shape index (κ3) is 2.92. The van der Waals surface area contributed by atoms with Crippen LogP contribution in [0.15, 0.2) is 90.1 Å². The minimum atomic E-state index is 0.951. The maximum atomic E-state index is 4.56. The molecular weight excluding hydrogens is 280 g/mol. The van der Waals surface area contributed by atoms with E-state index in [0.717, 1.165) is 16.8 Å². The van der Waals surface area contributed by atoms with E-state index >= 15 is 0 Å². The van der Waals surface area contributed by atoms with E-state index in [0.29, 0.717) is 0 Å². The van der Waals surface area contributed by atoms with Gasteiger partial charge in [-0.25, -0.2) is 0 Å². The first kappa shape index (κ1) is 13.5. The maximum Gasteiger partial charge on any atom is 0.0650 e. The van der Waals surface area contributed by atoms with E-state index in [1.807, 2.05) is 24.5 Å². The van der Waals surface area contributed by atoms with Gasteiger partial charge >= 0.3 is 0 Å². The number of rotatable bonds is 3. The maximum absolute atomic E-state index is 4.56. The van der Waals surface area contributed by atoms with E-state index in [-0.39, 0.29) is 0 Å². The quantitative estimate of drug-likeness (QED) is 0.478. The molecule has 0 saturated heterocycles. The van der Waals surface area contributed by atoms with Crippen molar-refractivity contribution in [1.29, 1.82) is 0 Å². The molecule has 0 aliphatic heterocycles. The second-order valence-corrected chi connectivity index (χ2v) is 5.50. The molecule has 0 aliphatic carbocycles. The molecule has 0 amide bonds. The van der Waals surface area contributed by atoms with E-state index in [1.165, 1.54) is 16.5 Å². The average molecular weight is 296 g/mol. The van der Waals surface area contributed by atoms with E-state index < -0.39 is 0 Å². The number of H-pyrrole nitrogens is 1. The molecule has 1 N–H and O–H groups in total. The standard InChI is InChI=1S/C21H16N2/c1-2-4-17(5-3-1)18-8-6-16(7-9-18)15-23-20-11-10-19-12-13-22-21(19)14-20/h1-15,22H. The number of nitrogens with one attached hydrogen (secondary N) is 1. The topological polar surface area (TPSA) is 28.1 Å². The lowest BCUT2D eigenvalue weighted by atomic mass is 10.0. The van der Waals surface area contributed by atoms with Crippen LogP contribution in [0.3, 0.4) is 0 Å². The van der Waals surface area contributed by atoms with Crippen LogP contribution in [0.25, 0.3) is 22.0 Å². The van der Waals surface area contributed by atoms with Crippen LogP contribution in [0.2, 0.25) is 0 Å². The van der Waals surface area contributed by atoms with E-state index in [9.17, 15) is 0 Å². The molecule has 0 spiro atoms. The number of fused-ring (bicyclic) bond motifs is 1. The van der Waals surface area contributed by atoms with Crippen molar-refractivity contribution < 1.29 is 0 Å². The summed E-state index contributed by atoms with van der Waals surface area (Å²) in [5, 5.41) is 1.20. The molecular formula is C21H16N2. The summed E-state index contributed by atoms with van der Waals surface area (Å²) in [6.45, 7) is 0. The monoisotopic (exact) mass is 296 g/mol. The van der Waals surface area contributed by atoms with Crippen LogP contribution in [-0.2, 0) is 0 Å². The first-order valence-corrected chi connectivity index (χ1v) is 7.65. The number of nitrogens with zero attached hydrogens (tertiary/aromatic N) is 1. The summed E-state index contributed by atoms with van der Waals surface area (Å²) in [6, 6.07) is 27.1. The molecule has 0 unspecified atom stereocenters. The molecule has 1 heterocycles. The van der Waals surface area contributed by atoms with E-state index in [4.69, 9.17) is 0 Å². The van der Waals surface area contributed by atoms with Gasteiger partial charge in [0.05, 0.1) is 5.69 Å². The number of hydrogen-bond donors (Lipinski definition) is 1. The van der Waals surface area contributed by atoms with Crippen LogP contribution < -0.4 is 0 Å². The third-order valence-corrected chi connectivity index (χ3v) is 3.92. The first-order chi connectivity index (χ1) is 11.4. The van der Waals surface area contributed by atoms with Crippen LogP contribution in [0.4, 0.5) is 5.69 Å². The summed E-state index contributed by atoms with van der Waals surface area (Å²) in [4.78, 5) is 7.77. The Labute approximate surface area is 135 Å². The summed E-state index contributed by atoms with van der Waals surface area (Å²) in [5.41, 5.74) is 5.60. The highest BCUT2D eigenvalue weighted by Crippen LogP contribution is 2.21. The van der Waals surface area contributed by atoms with Gasteiger partial charge < -0.3 is 4.98 Å². The van der Waals surface area contributed by atoms with Crippen molar-refractivity contribution in [2.75, 3.05) is 0 Å². The highest BCUT2D eigenvalue weighted by atomic mass is 14.7. The molecule has 3 aromatic carbocycles. The molecule has 0 aliphatic rings. The molecule has 2 heteroatoms. The fraction of sp³-hybridized carbons (Fsp3) is 0. The molecule has 2 nitrogen and oxygen atoms in total. The second kappa shape index (κ2) is 5.93. The summed E-state index contributed by atoms with van der Waals surface area (Å²) in [6.07, 6.45) is 3.85. The van der Waals surface area contributed by atoms with Crippen LogP contribution in [0.1, 0.15) is 5.56 Å². The number of aromatic amines is 1. The lowest BCUT2D eigenvalue weighted by Crippen LogP contribution is -1.82. The second-order valence-electron chi connectivity index (χ2n) is 5.50. The molecule has 0 atom stereocenters. The van der Waals surface area contributed by atoms with Crippen molar-refractivity contribution >= 4 is 22.8 Å². The molecule has 0 bridgehead atoms. The molecule has 0 saturated carbocycles. The Hall–Kier alpha value is -3.13. The smallest absolute Gasteiger partial charge is 0.0650 e. The molecule has 1 aromatic heterocycles. The zero-order chi connectivity index (χ0) is 15.5. The van der Waals surface area contributed by atoms with Crippen molar-refractivity contribution in [3.8, 4) is 11.1 Å². The van der Waals surface area contributed by atoms with Crippen molar-refractivity contribution in [1.82, 2.24) is 4.98 Å². The van der Waals surface area contributed by atoms with Crippen molar-refractivity contribution in [3.63, 3.8) is 0 Å². The summed E-state index contributed by atoms with van der Waals surface area (Å²) < 4.78 is 0. The van der Waals surface area contributed by atoms with Crippen LogP contribution in [0.5, 0.6) is 0 Å². The van der Waals surface area contributed by atoms with E-state index in [2.05, 4.69) is 76.7 Å². The van der Waals surface area contributed by atoms with Gasteiger partial charge in [-0.15, -0.1) is 0 Å². The Morgan fingerprint density at radius 2 is 1.52 bits per heavy atom. The summed E-state index contributed by atoms with van der Waals surface area (Å²) in [7, 11) is 0. The molecule has 110 valence electrons.